The smallest absolute Gasteiger partial charge is 0.284 e. The van der Waals surface area contributed by atoms with Crippen LogP contribution in [-0.4, -0.2) is 30.5 Å². The molecule has 0 atom stereocenters. The molecule has 31 heavy (non-hydrogen) atoms. The quantitative estimate of drug-likeness (QED) is 0.379. The molecule has 0 saturated heterocycles. The Morgan fingerprint density at radius 3 is 2.55 bits per heavy atom. The van der Waals surface area contributed by atoms with Gasteiger partial charge in [0.05, 0.1) is 21.8 Å². The summed E-state index contributed by atoms with van der Waals surface area (Å²) in [7, 11) is -3.49. The third kappa shape index (κ3) is 6.03. The van der Waals surface area contributed by atoms with Gasteiger partial charge < -0.3 is 5.32 Å². The fourth-order valence-corrected chi connectivity index (χ4v) is 5.07. The van der Waals surface area contributed by atoms with E-state index in [9.17, 15) is 23.3 Å². The van der Waals surface area contributed by atoms with Gasteiger partial charge in [-0.25, -0.2) is 13.4 Å². The van der Waals surface area contributed by atoms with Crippen molar-refractivity contribution in [2.45, 2.75) is 23.1 Å². The van der Waals surface area contributed by atoms with E-state index in [0.29, 0.717) is 26.2 Å². The molecule has 12 heteroatoms. The average Bonchev–Trinajstić information content (AvgIpc) is 3.08. The Hall–Kier alpha value is -2.96. The lowest BCUT2D eigenvalue weighted by atomic mass is 10.1. The maximum Gasteiger partial charge on any atom is 0.284 e. The van der Waals surface area contributed by atoms with Crippen LogP contribution in [0.15, 0.2) is 51.0 Å². The molecule has 162 valence electrons. The highest BCUT2D eigenvalue weighted by molar-refractivity contribution is 8.01. The summed E-state index contributed by atoms with van der Waals surface area (Å²) in [4.78, 5) is 28.3. The predicted molar refractivity (Wildman–Crippen MR) is 122 cm³/mol. The van der Waals surface area contributed by atoms with Crippen molar-refractivity contribution in [2.24, 2.45) is 0 Å². The van der Waals surface area contributed by atoms with Gasteiger partial charge in [0.15, 0.2) is 4.34 Å². The summed E-state index contributed by atoms with van der Waals surface area (Å²) in [5.41, 5.74) is 2.09. The van der Waals surface area contributed by atoms with Gasteiger partial charge in [-0.2, -0.15) is 0 Å². The Morgan fingerprint density at radius 1 is 1.19 bits per heavy atom. The van der Waals surface area contributed by atoms with Crippen molar-refractivity contribution < 1.29 is 18.1 Å². The minimum absolute atomic E-state index is 0.101. The van der Waals surface area contributed by atoms with E-state index in [2.05, 4.69) is 15.0 Å². The van der Waals surface area contributed by atoms with Crippen molar-refractivity contribution >= 4 is 56.1 Å². The van der Waals surface area contributed by atoms with E-state index < -0.39 is 20.9 Å². The summed E-state index contributed by atoms with van der Waals surface area (Å²) < 4.78 is 26.1. The van der Waals surface area contributed by atoms with Crippen molar-refractivity contribution in [2.75, 3.05) is 16.3 Å². The average molecular weight is 479 g/mol. The number of carbonyl (C=O) groups excluding carboxylic acids is 1. The number of rotatable bonds is 7. The summed E-state index contributed by atoms with van der Waals surface area (Å²) in [5, 5.41) is 16.0. The van der Waals surface area contributed by atoms with Crippen LogP contribution in [0, 0.1) is 24.0 Å². The van der Waals surface area contributed by atoms with Gasteiger partial charge in [0.1, 0.15) is 0 Å². The normalized spacial score (nSPS) is 11.2. The van der Waals surface area contributed by atoms with Crippen molar-refractivity contribution in [3.05, 3.63) is 68.7 Å². The number of amides is 1. The number of hydrogen-bond donors (Lipinski definition) is 2. The van der Waals surface area contributed by atoms with E-state index in [1.54, 1.807) is 19.1 Å². The predicted octanol–water partition coefficient (Wildman–Crippen LogP) is 4.44. The number of sulfonamides is 1. The summed E-state index contributed by atoms with van der Waals surface area (Å²) in [6, 6.07) is 8.97. The number of aromatic nitrogens is 1. The molecule has 1 amide bonds. The summed E-state index contributed by atoms with van der Waals surface area (Å²) >= 11 is 2.55. The third-order valence-electron chi connectivity index (χ3n) is 4.00. The molecule has 0 radical (unpaired) electrons. The molecule has 2 N–H and O–H groups in total. The SMILES string of the molecule is Cc1csc(Sc2ccc(C(=O)Nc3ccc(C)c(NS(C)(=O)=O)c3)cc2[N+](=O)[O-])n1. The Bertz CT molecular complexity index is 1270. The van der Waals surface area contributed by atoms with Gasteiger partial charge in [0, 0.05) is 28.4 Å². The van der Waals surface area contributed by atoms with Crippen LogP contribution in [0.1, 0.15) is 21.6 Å². The van der Waals surface area contributed by atoms with Crippen LogP contribution in [0.3, 0.4) is 0 Å². The zero-order valence-corrected chi connectivity index (χ0v) is 19.2. The number of nitro benzene ring substituents is 1. The largest absolute Gasteiger partial charge is 0.322 e. The molecule has 0 saturated carbocycles. The van der Waals surface area contributed by atoms with Gasteiger partial charge in [0.25, 0.3) is 11.6 Å². The zero-order valence-electron chi connectivity index (χ0n) is 16.7. The summed E-state index contributed by atoms with van der Waals surface area (Å²) in [5.74, 6) is -0.557. The molecule has 3 aromatic rings. The molecule has 9 nitrogen and oxygen atoms in total. The number of anilines is 2. The van der Waals surface area contributed by atoms with E-state index in [-0.39, 0.29) is 11.3 Å². The molecule has 0 fully saturated rings. The first-order valence-electron chi connectivity index (χ1n) is 8.80. The van der Waals surface area contributed by atoms with Crippen LogP contribution in [0.5, 0.6) is 0 Å². The molecule has 0 aliphatic carbocycles. The Morgan fingerprint density at radius 2 is 1.94 bits per heavy atom. The van der Waals surface area contributed by atoms with Gasteiger partial charge in [0.2, 0.25) is 10.0 Å². The molecule has 1 aromatic heterocycles. The number of nitro groups is 1. The number of nitrogens with one attached hydrogen (secondary N) is 2. The molecule has 0 bridgehead atoms. The molecule has 1 heterocycles. The van der Waals surface area contributed by atoms with Crippen LogP contribution in [-0.2, 0) is 10.0 Å². The second kappa shape index (κ2) is 9.04. The second-order valence-corrected chi connectivity index (χ2v) is 10.6. The first-order chi connectivity index (χ1) is 14.5. The van der Waals surface area contributed by atoms with E-state index in [0.717, 1.165) is 11.9 Å². The Balaban J connectivity index is 1.84. The fraction of sp³-hybridized carbons (Fsp3) is 0.158. The highest BCUT2D eigenvalue weighted by Crippen LogP contribution is 2.37. The molecular weight excluding hydrogens is 460 g/mol. The van der Waals surface area contributed by atoms with E-state index in [1.807, 2.05) is 12.3 Å². The van der Waals surface area contributed by atoms with Crippen molar-refractivity contribution in [3.8, 4) is 0 Å². The number of benzene rings is 2. The first kappa shape index (κ1) is 22.7. The van der Waals surface area contributed by atoms with Gasteiger partial charge >= 0.3 is 0 Å². The van der Waals surface area contributed by atoms with Crippen LogP contribution in [0.4, 0.5) is 17.1 Å². The summed E-state index contributed by atoms with van der Waals surface area (Å²) in [6.07, 6.45) is 1.03. The van der Waals surface area contributed by atoms with Gasteiger partial charge in [-0.15, -0.1) is 11.3 Å². The van der Waals surface area contributed by atoms with Gasteiger partial charge in [-0.3, -0.25) is 19.6 Å². The maximum absolute atomic E-state index is 12.7. The van der Waals surface area contributed by atoms with E-state index in [4.69, 9.17) is 0 Å². The van der Waals surface area contributed by atoms with Crippen molar-refractivity contribution in [3.63, 3.8) is 0 Å². The van der Waals surface area contributed by atoms with Crippen LogP contribution in [0.2, 0.25) is 0 Å². The molecule has 0 unspecified atom stereocenters. The van der Waals surface area contributed by atoms with Crippen LogP contribution in [0.25, 0.3) is 0 Å². The number of aryl methyl sites for hydroxylation is 2. The Labute approximate surface area is 187 Å². The molecular formula is C19H18N4O5S3. The third-order valence-corrected chi connectivity index (χ3v) is 6.72. The second-order valence-electron chi connectivity index (χ2n) is 6.65. The highest BCUT2D eigenvalue weighted by atomic mass is 32.2. The Kier molecular flexibility index (Phi) is 6.62. The monoisotopic (exact) mass is 478 g/mol. The number of hydrogen-bond acceptors (Lipinski definition) is 8. The lowest BCUT2D eigenvalue weighted by molar-refractivity contribution is -0.387. The maximum atomic E-state index is 12.7. The van der Waals surface area contributed by atoms with E-state index in [1.165, 1.54) is 47.4 Å². The first-order valence-corrected chi connectivity index (χ1v) is 12.4. The molecule has 0 aliphatic rings. The van der Waals surface area contributed by atoms with Crippen molar-refractivity contribution in [1.82, 2.24) is 4.98 Å². The standard InChI is InChI=1S/C19H18N4O5S3/c1-11-4-6-14(9-15(11)22-31(3,27)28)21-18(24)13-5-7-17(16(8-13)23(25)26)30-19-20-12(2)10-29-19/h4-10,22H,1-3H3,(H,21,24). The molecule has 0 spiro atoms. The minimum atomic E-state index is -3.49. The fourth-order valence-electron chi connectivity index (χ4n) is 2.57. The van der Waals surface area contributed by atoms with Crippen LogP contribution < -0.4 is 10.0 Å². The zero-order chi connectivity index (χ0) is 22.8. The van der Waals surface area contributed by atoms with Crippen LogP contribution >= 0.6 is 23.1 Å². The van der Waals surface area contributed by atoms with Gasteiger partial charge in [-0.1, -0.05) is 17.8 Å². The van der Waals surface area contributed by atoms with E-state index >= 15 is 0 Å². The highest BCUT2D eigenvalue weighted by Gasteiger charge is 2.20. The van der Waals surface area contributed by atoms with Gasteiger partial charge in [-0.05, 0) is 43.7 Å². The van der Waals surface area contributed by atoms with Crippen molar-refractivity contribution in [1.29, 1.82) is 0 Å². The number of carbonyl (C=O) groups is 1. The lowest BCUT2D eigenvalue weighted by Gasteiger charge is -2.11. The summed E-state index contributed by atoms with van der Waals surface area (Å²) in [6.45, 7) is 3.56. The number of thiazole rings is 1. The molecule has 2 aromatic carbocycles. The topological polar surface area (TPSA) is 131 Å². The number of nitrogens with zero attached hydrogens (tertiary/aromatic N) is 2. The molecule has 3 rings (SSSR count). The minimum Gasteiger partial charge on any atom is -0.322 e. The lowest BCUT2D eigenvalue weighted by Crippen LogP contribution is -2.14. The molecule has 0 aliphatic heterocycles.